The van der Waals surface area contributed by atoms with Crippen molar-refractivity contribution in [2.24, 2.45) is 5.92 Å². The Bertz CT molecular complexity index is 914. The van der Waals surface area contributed by atoms with Gasteiger partial charge in [-0.25, -0.2) is 0 Å². The highest BCUT2D eigenvalue weighted by molar-refractivity contribution is 6.04. The number of phenolic OH excluding ortho intramolecular Hbond substituents is 1. The van der Waals surface area contributed by atoms with Crippen molar-refractivity contribution in [3.8, 4) is 11.5 Å². The molecule has 3 aromatic rings. The standard InChI is InChI=1S/C23H20O3/c24-20-11-9-16(10-12-20)13-19-14-18-7-4-8-21(22(18)23(19)25)26-15-17-5-2-1-3-6-17/h1-12,19,24H,13-15H2. The van der Waals surface area contributed by atoms with Crippen LogP contribution >= 0.6 is 0 Å². The van der Waals surface area contributed by atoms with Gasteiger partial charge < -0.3 is 9.84 Å². The molecule has 1 aliphatic rings. The number of aromatic hydroxyl groups is 1. The van der Waals surface area contributed by atoms with Gasteiger partial charge in [0.05, 0.1) is 5.56 Å². The molecule has 0 fully saturated rings. The summed E-state index contributed by atoms with van der Waals surface area (Å²) in [4.78, 5) is 13.0. The first-order valence-electron chi connectivity index (χ1n) is 8.81. The van der Waals surface area contributed by atoms with E-state index < -0.39 is 0 Å². The molecule has 1 aliphatic carbocycles. The number of Topliss-reactive ketones (excluding diaryl/α,β-unsaturated/α-hetero) is 1. The van der Waals surface area contributed by atoms with Crippen LogP contribution in [0, 0.1) is 5.92 Å². The third-order valence-corrected chi connectivity index (χ3v) is 4.85. The van der Waals surface area contributed by atoms with Gasteiger partial charge in [-0.1, -0.05) is 54.6 Å². The fourth-order valence-corrected chi connectivity index (χ4v) is 3.53. The van der Waals surface area contributed by atoms with Crippen molar-refractivity contribution >= 4 is 5.78 Å². The third kappa shape index (κ3) is 3.33. The summed E-state index contributed by atoms with van der Waals surface area (Å²) in [5, 5.41) is 9.42. The highest BCUT2D eigenvalue weighted by Gasteiger charge is 2.33. The zero-order valence-electron chi connectivity index (χ0n) is 14.4. The normalized spacial score (nSPS) is 15.7. The fourth-order valence-electron chi connectivity index (χ4n) is 3.53. The van der Waals surface area contributed by atoms with Crippen molar-refractivity contribution < 1.29 is 14.6 Å². The number of ketones is 1. The largest absolute Gasteiger partial charge is 0.508 e. The van der Waals surface area contributed by atoms with Gasteiger partial charge in [-0.3, -0.25) is 4.79 Å². The van der Waals surface area contributed by atoms with E-state index in [0.29, 0.717) is 18.8 Å². The van der Waals surface area contributed by atoms with Crippen LogP contribution in [-0.2, 0) is 19.4 Å². The second kappa shape index (κ2) is 7.04. The SMILES string of the molecule is O=C1c2c(cccc2OCc2ccccc2)CC1Cc1ccc(O)cc1. The molecule has 0 aromatic heterocycles. The Labute approximate surface area is 152 Å². The van der Waals surface area contributed by atoms with Crippen molar-refractivity contribution in [2.45, 2.75) is 19.4 Å². The molecule has 3 nitrogen and oxygen atoms in total. The van der Waals surface area contributed by atoms with Gasteiger partial charge in [0, 0.05) is 5.92 Å². The van der Waals surface area contributed by atoms with Gasteiger partial charge in [0.25, 0.3) is 0 Å². The van der Waals surface area contributed by atoms with Gasteiger partial charge in [0.15, 0.2) is 5.78 Å². The lowest BCUT2D eigenvalue weighted by Gasteiger charge is -2.11. The van der Waals surface area contributed by atoms with Crippen molar-refractivity contribution in [3.05, 3.63) is 95.1 Å². The van der Waals surface area contributed by atoms with E-state index in [1.165, 1.54) is 0 Å². The number of benzene rings is 3. The van der Waals surface area contributed by atoms with E-state index >= 15 is 0 Å². The summed E-state index contributed by atoms with van der Waals surface area (Å²) in [6.45, 7) is 0.452. The zero-order valence-corrected chi connectivity index (χ0v) is 14.4. The number of rotatable bonds is 5. The molecule has 0 saturated carbocycles. The van der Waals surface area contributed by atoms with E-state index in [-0.39, 0.29) is 17.5 Å². The highest BCUT2D eigenvalue weighted by Crippen LogP contribution is 2.35. The molecule has 1 atom stereocenters. The number of carbonyl (C=O) groups is 1. The van der Waals surface area contributed by atoms with Gasteiger partial charge in [0.1, 0.15) is 18.1 Å². The molecule has 1 N–H and O–H groups in total. The fraction of sp³-hybridized carbons (Fsp3) is 0.174. The summed E-state index contributed by atoms with van der Waals surface area (Å²) in [6, 6.07) is 22.9. The molecule has 1 unspecified atom stereocenters. The van der Waals surface area contributed by atoms with Crippen LogP contribution in [0.2, 0.25) is 0 Å². The van der Waals surface area contributed by atoms with Crippen molar-refractivity contribution in [2.75, 3.05) is 0 Å². The molecule has 26 heavy (non-hydrogen) atoms. The first kappa shape index (κ1) is 16.4. The van der Waals surface area contributed by atoms with Crippen molar-refractivity contribution in [1.29, 1.82) is 0 Å². The molecule has 130 valence electrons. The van der Waals surface area contributed by atoms with Crippen LogP contribution < -0.4 is 4.74 Å². The Morgan fingerprint density at radius 2 is 1.65 bits per heavy atom. The quantitative estimate of drug-likeness (QED) is 0.737. The Hall–Kier alpha value is -3.07. The van der Waals surface area contributed by atoms with Crippen molar-refractivity contribution in [1.82, 2.24) is 0 Å². The minimum absolute atomic E-state index is 0.0731. The number of hydrogen-bond donors (Lipinski definition) is 1. The Morgan fingerprint density at radius 1 is 0.885 bits per heavy atom. The monoisotopic (exact) mass is 344 g/mol. The van der Waals surface area contributed by atoms with Crippen LogP contribution in [0.1, 0.15) is 27.0 Å². The topological polar surface area (TPSA) is 46.5 Å². The van der Waals surface area contributed by atoms with Gasteiger partial charge in [0.2, 0.25) is 0 Å². The number of carbonyl (C=O) groups excluding carboxylic acids is 1. The van der Waals surface area contributed by atoms with Gasteiger partial charge in [-0.2, -0.15) is 0 Å². The zero-order chi connectivity index (χ0) is 17.9. The molecule has 0 aliphatic heterocycles. The van der Waals surface area contributed by atoms with Gasteiger partial charge in [-0.05, 0) is 47.7 Å². The van der Waals surface area contributed by atoms with Crippen LogP contribution in [0.25, 0.3) is 0 Å². The molecular weight excluding hydrogens is 324 g/mol. The Kier molecular flexibility index (Phi) is 4.44. The third-order valence-electron chi connectivity index (χ3n) is 4.85. The lowest BCUT2D eigenvalue weighted by molar-refractivity contribution is 0.0932. The molecule has 0 amide bonds. The second-order valence-corrected chi connectivity index (χ2v) is 6.70. The molecule has 0 saturated heterocycles. The lowest BCUT2D eigenvalue weighted by Crippen LogP contribution is -2.13. The van der Waals surface area contributed by atoms with Crippen molar-refractivity contribution in [3.63, 3.8) is 0 Å². The molecule has 0 bridgehead atoms. The molecule has 0 spiro atoms. The maximum Gasteiger partial charge on any atom is 0.170 e. The molecule has 0 radical (unpaired) electrons. The second-order valence-electron chi connectivity index (χ2n) is 6.70. The van der Waals surface area contributed by atoms with E-state index in [9.17, 15) is 9.90 Å². The Balaban J connectivity index is 1.51. The van der Waals surface area contributed by atoms with Crippen LogP contribution in [0.5, 0.6) is 11.5 Å². The predicted molar refractivity (Wildman–Crippen MR) is 101 cm³/mol. The number of phenols is 1. The number of hydrogen-bond acceptors (Lipinski definition) is 3. The van der Waals surface area contributed by atoms with E-state index in [1.807, 2.05) is 60.7 Å². The van der Waals surface area contributed by atoms with Gasteiger partial charge in [-0.15, -0.1) is 0 Å². The number of fused-ring (bicyclic) bond motifs is 1. The molecule has 3 aromatic carbocycles. The van der Waals surface area contributed by atoms with Crippen LogP contribution in [0.3, 0.4) is 0 Å². The summed E-state index contributed by atoms with van der Waals surface area (Å²) in [7, 11) is 0. The molecule has 3 heteroatoms. The first-order chi connectivity index (χ1) is 12.7. The summed E-state index contributed by atoms with van der Waals surface area (Å²) in [5.41, 5.74) is 3.92. The highest BCUT2D eigenvalue weighted by atomic mass is 16.5. The average Bonchev–Trinajstić information content (AvgIpc) is 2.99. The van der Waals surface area contributed by atoms with E-state index in [2.05, 4.69) is 0 Å². The van der Waals surface area contributed by atoms with E-state index in [4.69, 9.17) is 4.74 Å². The maximum absolute atomic E-state index is 13.0. The summed E-state index contributed by atoms with van der Waals surface area (Å²) in [5.74, 6) is 0.990. The number of ether oxygens (including phenoxy) is 1. The van der Waals surface area contributed by atoms with Gasteiger partial charge >= 0.3 is 0 Å². The van der Waals surface area contributed by atoms with Crippen LogP contribution in [0.15, 0.2) is 72.8 Å². The summed E-state index contributed by atoms with van der Waals surface area (Å²) < 4.78 is 5.97. The maximum atomic E-state index is 13.0. The molecular formula is C23H20O3. The van der Waals surface area contributed by atoms with Crippen LogP contribution in [0.4, 0.5) is 0 Å². The summed E-state index contributed by atoms with van der Waals surface area (Å²) in [6.07, 6.45) is 1.41. The van der Waals surface area contributed by atoms with E-state index in [1.54, 1.807) is 12.1 Å². The minimum Gasteiger partial charge on any atom is -0.508 e. The lowest BCUT2D eigenvalue weighted by atomic mass is 9.95. The van der Waals surface area contributed by atoms with E-state index in [0.717, 1.165) is 28.7 Å². The van der Waals surface area contributed by atoms with Crippen LogP contribution in [-0.4, -0.2) is 10.9 Å². The first-order valence-corrected chi connectivity index (χ1v) is 8.81. The minimum atomic E-state index is -0.0731. The summed E-state index contributed by atoms with van der Waals surface area (Å²) >= 11 is 0. The Morgan fingerprint density at radius 3 is 2.42 bits per heavy atom. The average molecular weight is 344 g/mol. The predicted octanol–water partition coefficient (Wildman–Crippen LogP) is 4.57. The molecule has 0 heterocycles. The smallest absolute Gasteiger partial charge is 0.170 e. The molecule has 4 rings (SSSR count).